The van der Waals surface area contributed by atoms with E-state index in [2.05, 4.69) is 51.0 Å². The number of azo groups is 2. The molecule has 0 aliphatic heterocycles. The number of phenolic OH excluding ortho intramolecular Hbond substituents is 4. The van der Waals surface area contributed by atoms with E-state index in [1.54, 1.807) is 30.3 Å². The van der Waals surface area contributed by atoms with E-state index in [1.165, 1.54) is 36.4 Å². The van der Waals surface area contributed by atoms with Crippen LogP contribution >= 0.6 is 0 Å². The van der Waals surface area contributed by atoms with Crippen LogP contribution in [-0.4, -0.2) is 150 Å². The van der Waals surface area contributed by atoms with E-state index in [1.807, 2.05) is 0 Å². The third-order valence-electron chi connectivity index (χ3n) is 10.1. The largest absolute Gasteiger partial charge is 0.506 e. The van der Waals surface area contributed by atoms with Gasteiger partial charge in [-0.05, 0) is 108 Å². The number of sulfone groups is 2. The molecule has 30 heteroatoms. The van der Waals surface area contributed by atoms with Crippen molar-refractivity contribution < 1.29 is 63.2 Å². The van der Waals surface area contributed by atoms with Gasteiger partial charge in [0.1, 0.15) is 44.0 Å². The number of nitrogens with zero attached hydrogens (tertiary/aromatic N) is 7. The zero-order chi connectivity index (χ0) is 51.2. The van der Waals surface area contributed by atoms with E-state index in [4.69, 9.17) is 0 Å². The van der Waals surface area contributed by atoms with Gasteiger partial charge in [-0.25, -0.2) is 21.8 Å². The van der Waals surface area contributed by atoms with Crippen LogP contribution in [0.3, 0.4) is 0 Å². The number of benzene rings is 7. The SMILES string of the molecule is CS(=O)(=O)c1ccc(O)c(N=Nc2c(S(=O)(=O)O)cc3cc(Nc4nc(=Nc5ccccc5)nc(Nc5ccc6c(O)c(N=Nc7cc(S(C)(=O)=O)ccc7O)c(S(=O)(=O)O)cc6c5)[nH]4)ccc3c2O)c1.[Na].[Na]. The number of aromatic nitrogens is 3. The van der Waals surface area contributed by atoms with Gasteiger partial charge in [-0.15, -0.1) is 20.5 Å². The molecule has 7 aromatic carbocycles. The second-order valence-corrected chi connectivity index (χ2v) is 22.1. The summed E-state index contributed by atoms with van der Waals surface area (Å²) in [6.45, 7) is 0. The van der Waals surface area contributed by atoms with Crippen LogP contribution in [-0.2, 0) is 39.9 Å². The average Bonchev–Trinajstić information content (AvgIpc) is 3.28. The number of fused-ring (bicyclic) bond motifs is 2. The van der Waals surface area contributed by atoms with Gasteiger partial charge in [0.2, 0.25) is 11.9 Å². The summed E-state index contributed by atoms with van der Waals surface area (Å²) in [5, 5.41) is 64.3. The molecule has 1 aromatic heterocycles. The molecular formula is C43H34N10Na2O14S4. The van der Waals surface area contributed by atoms with E-state index in [0.29, 0.717) is 5.69 Å². The number of nitrogens with one attached hydrogen (secondary N) is 3. The van der Waals surface area contributed by atoms with Gasteiger partial charge in [0, 0.05) is 93.8 Å². The predicted octanol–water partition coefficient (Wildman–Crippen LogP) is 7.02. The number of aromatic amines is 1. The molecule has 0 saturated carbocycles. The Morgan fingerprint density at radius 1 is 0.507 bits per heavy atom. The van der Waals surface area contributed by atoms with Crippen molar-refractivity contribution in [1.82, 2.24) is 15.0 Å². The zero-order valence-corrected chi connectivity index (χ0v) is 45.4. The number of H-pyrrole nitrogens is 1. The van der Waals surface area contributed by atoms with E-state index in [0.717, 1.165) is 61.0 Å². The van der Waals surface area contributed by atoms with Crippen LogP contribution in [0.5, 0.6) is 23.0 Å². The minimum Gasteiger partial charge on any atom is -0.506 e. The number of hydrogen-bond donors (Lipinski definition) is 9. The number of rotatable bonds is 13. The molecule has 366 valence electrons. The molecule has 8 rings (SSSR count). The van der Waals surface area contributed by atoms with Gasteiger partial charge in [0.15, 0.2) is 31.2 Å². The van der Waals surface area contributed by atoms with Gasteiger partial charge in [-0.3, -0.25) is 14.1 Å². The van der Waals surface area contributed by atoms with Gasteiger partial charge >= 0.3 is 0 Å². The quantitative estimate of drug-likeness (QED) is 0.0318. The van der Waals surface area contributed by atoms with Crippen molar-refractivity contribution in [1.29, 1.82) is 0 Å². The van der Waals surface area contributed by atoms with Crippen LogP contribution in [0.25, 0.3) is 21.5 Å². The Balaban J connectivity index is 0.00000435. The first-order chi connectivity index (χ1) is 33.3. The maximum absolute atomic E-state index is 12.6. The van der Waals surface area contributed by atoms with Crippen LogP contribution in [0.15, 0.2) is 160 Å². The maximum Gasteiger partial charge on any atom is 0.296 e. The molecule has 1 heterocycles. The van der Waals surface area contributed by atoms with Crippen molar-refractivity contribution in [2.45, 2.75) is 19.6 Å². The van der Waals surface area contributed by atoms with Crippen molar-refractivity contribution >= 4 is 172 Å². The van der Waals surface area contributed by atoms with Crippen LogP contribution in [0, 0.1) is 0 Å². The van der Waals surface area contributed by atoms with Crippen molar-refractivity contribution in [2.75, 3.05) is 23.1 Å². The van der Waals surface area contributed by atoms with Gasteiger partial charge in [-0.1, -0.05) is 18.2 Å². The summed E-state index contributed by atoms with van der Waals surface area (Å²) in [5.41, 5.74) is -1.42. The monoisotopic (exact) mass is 1090 g/mol. The van der Waals surface area contributed by atoms with Crippen molar-refractivity contribution in [2.24, 2.45) is 25.4 Å². The summed E-state index contributed by atoms with van der Waals surface area (Å²) in [5.74, 6) is -2.58. The van der Waals surface area contributed by atoms with Crippen LogP contribution in [0.2, 0.25) is 0 Å². The standard InChI is InChI=1S/C43H34N10O14S4.2Na/c1-68(58,59)27-10-14-33(54)31(20-27)50-52-37-35(70(62,63)64)18-22-16-25(8-12-29(22)39(37)56)45-42-47-41(44-24-6-4-3-5-7-24)48-43(49-42)46-26-9-13-30-23(17-26)19-36(71(65,66)67)38(40(30)57)53-51-32-21-28(69(2,60)61)11-15-34(32)55;;/h3-21,54-57H,1-2H3,(H,62,63,64)(H,65,66,67)(H3,44,45,46,47,48,49);;. The molecule has 0 saturated heterocycles. The van der Waals surface area contributed by atoms with E-state index in [-0.39, 0.29) is 131 Å². The molecule has 0 unspecified atom stereocenters. The molecule has 0 aliphatic carbocycles. The number of phenols is 4. The summed E-state index contributed by atoms with van der Waals surface area (Å²) in [6.07, 6.45) is 1.83. The molecule has 0 amide bonds. The fourth-order valence-corrected chi connectivity index (χ4v) is 9.33. The summed E-state index contributed by atoms with van der Waals surface area (Å²) in [7, 11) is -17.7. The molecule has 2 radical (unpaired) electrons. The first kappa shape index (κ1) is 55.9. The predicted molar refractivity (Wildman–Crippen MR) is 268 cm³/mol. The topological polar surface area (TPSA) is 385 Å². The Bertz CT molecular complexity index is 3890. The second kappa shape index (κ2) is 21.6. The zero-order valence-electron chi connectivity index (χ0n) is 38.2. The minimum absolute atomic E-state index is 0. The number of anilines is 4. The smallest absolute Gasteiger partial charge is 0.296 e. The molecule has 0 atom stereocenters. The molecule has 0 fully saturated rings. The first-order valence-corrected chi connectivity index (χ1v) is 26.5. The Kier molecular flexibility index (Phi) is 16.5. The fourth-order valence-electron chi connectivity index (χ4n) is 6.73. The van der Waals surface area contributed by atoms with E-state index >= 15 is 0 Å². The first-order valence-electron chi connectivity index (χ1n) is 19.9. The molecule has 9 N–H and O–H groups in total. The van der Waals surface area contributed by atoms with Gasteiger partial charge in [0.25, 0.3) is 25.9 Å². The average molecular weight is 1090 g/mol. The molecule has 73 heavy (non-hydrogen) atoms. The van der Waals surface area contributed by atoms with Crippen molar-refractivity contribution in [3.8, 4) is 23.0 Å². The van der Waals surface area contributed by atoms with Crippen LogP contribution < -0.4 is 16.3 Å². The fraction of sp³-hybridized carbons (Fsp3) is 0.0465. The summed E-state index contributed by atoms with van der Waals surface area (Å²) in [4.78, 5) is 14.0. The van der Waals surface area contributed by atoms with Crippen LogP contribution in [0.4, 0.5) is 51.7 Å². The van der Waals surface area contributed by atoms with Crippen molar-refractivity contribution in [3.63, 3.8) is 0 Å². The molecular weight excluding hydrogens is 1050 g/mol. The Morgan fingerprint density at radius 2 is 0.918 bits per heavy atom. The summed E-state index contributed by atoms with van der Waals surface area (Å²) >= 11 is 0. The van der Waals surface area contributed by atoms with Gasteiger partial charge in [-0.2, -0.15) is 26.8 Å². The molecule has 8 aromatic rings. The number of para-hydroxylation sites is 1. The second-order valence-electron chi connectivity index (χ2n) is 15.3. The summed E-state index contributed by atoms with van der Waals surface area (Å²) < 4.78 is 119. The van der Waals surface area contributed by atoms with E-state index < -0.39 is 84.1 Å². The molecule has 0 aliphatic rings. The van der Waals surface area contributed by atoms with E-state index in [9.17, 15) is 63.2 Å². The Labute approximate surface area is 458 Å². The maximum atomic E-state index is 12.6. The molecule has 0 spiro atoms. The molecule has 0 bridgehead atoms. The van der Waals surface area contributed by atoms with Gasteiger partial charge in [0.05, 0.1) is 15.5 Å². The number of aromatic hydroxyl groups is 4. The van der Waals surface area contributed by atoms with Gasteiger partial charge < -0.3 is 31.1 Å². The Morgan fingerprint density at radius 3 is 1.30 bits per heavy atom. The third kappa shape index (κ3) is 12.9. The van der Waals surface area contributed by atoms with Crippen molar-refractivity contribution in [3.05, 3.63) is 121 Å². The minimum atomic E-state index is -5.11. The van der Waals surface area contributed by atoms with Crippen LogP contribution in [0.1, 0.15) is 0 Å². The Hall–Kier alpha value is -6.41. The summed E-state index contributed by atoms with van der Waals surface area (Å²) in [6, 6.07) is 25.2. The third-order valence-corrected chi connectivity index (χ3v) is 14.0. The molecule has 24 nitrogen and oxygen atoms in total. The number of hydrogen-bond acceptors (Lipinski definition) is 21. The normalized spacial score (nSPS) is 12.2.